The molecule has 25 heavy (non-hydrogen) atoms. The van der Waals surface area contributed by atoms with Gasteiger partial charge in [0.05, 0.1) is 18.0 Å². The van der Waals surface area contributed by atoms with Gasteiger partial charge in [0.2, 0.25) is 5.91 Å². The van der Waals surface area contributed by atoms with Crippen molar-refractivity contribution >= 4 is 39.6 Å². The highest BCUT2D eigenvalue weighted by Gasteiger charge is 2.14. The van der Waals surface area contributed by atoms with Crippen LogP contribution in [0.3, 0.4) is 0 Å². The first-order valence-electron chi connectivity index (χ1n) is 7.56. The molecule has 7 nitrogen and oxygen atoms in total. The van der Waals surface area contributed by atoms with Crippen molar-refractivity contribution in [3.63, 3.8) is 0 Å². The molecule has 0 bridgehead atoms. The van der Waals surface area contributed by atoms with E-state index in [0.717, 1.165) is 22.2 Å². The second-order valence-corrected chi connectivity index (χ2v) is 7.63. The molecule has 9 heteroatoms. The van der Waals surface area contributed by atoms with Gasteiger partial charge in [-0.1, -0.05) is 41.2 Å². The van der Waals surface area contributed by atoms with Crippen LogP contribution in [0.4, 0.5) is 5.82 Å². The predicted octanol–water partition coefficient (Wildman–Crippen LogP) is 1.61. The van der Waals surface area contributed by atoms with E-state index in [4.69, 9.17) is 0 Å². The summed E-state index contributed by atoms with van der Waals surface area (Å²) in [6.45, 7) is 2.71. The largest absolute Gasteiger partial charge is 0.334 e. The normalized spacial score (nSPS) is 13.6. The fourth-order valence-corrected chi connectivity index (χ4v) is 4.06. The molecular formula is C16H16N4O3S2. The second kappa shape index (κ2) is 7.75. The van der Waals surface area contributed by atoms with Gasteiger partial charge in [0, 0.05) is 11.8 Å². The Balaban J connectivity index is 1.84. The molecule has 3 rings (SSSR count). The summed E-state index contributed by atoms with van der Waals surface area (Å²) in [6.07, 6.45) is 0. The third kappa shape index (κ3) is 4.43. The van der Waals surface area contributed by atoms with Gasteiger partial charge < -0.3 is 5.32 Å². The summed E-state index contributed by atoms with van der Waals surface area (Å²) in [6, 6.07) is 8.41. The number of benzene rings is 1. The molecule has 2 aromatic rings. The minimum atomic E-state index is -0.602. The van der Waals surface area contributed by atoms with E-state index in [1.807, 2.05) is 19.1 Å². The maximum atomic E-state index is 12.2. The average Bonchev–Trinajstić information content (AvgIpc) is 3.07. The average molecular weight is 376 g/mol. The minimum Gasteiger partial charge on any atom is -0.311 e. The Morgan fingerprint density at radius 3 is 2.80 bits per heavy atom. The van der Waals surface area contributed by atoms with Crippen molar-refractivity contribution in [3.05, 3.63) is 56.7 Å². The van der Waals surface area contributed by atoms with Crippen LogP contribution in [0.5, 0.6) is 0 Å². The van der Waals surface area contributed by atoms with Crippen molar-refractivity contribution in [2.45, 2.75) is 6.92 Å². The lowest BCUT2D eigenvalue weighted by Crippen LogP contribution is -2.32. The number of carbonyl (C=O) groups is 1. The second-order valence-electron chi connectivity index (χ2n) is 5.33. The van der Waals surface area contributed by atoms with Crippen molar-refractivity contribution in [1.29, 1.82) is 0 Å². The van der Waals surface area contributed by atoms with E-state index in [1.165, 1.54) is 22.4 Å². The number of aryl methyl sites for hydroxylation is 1. The highest BCUT2D eigenvalue weighted by atomic mass is 32.2. The Hall–Kier alpha value is -2.26. The maximum Gasteiger partial charge on any atom is 0.334 e. The van der Waals surface area contributed by atoms with Crippen LogP contribution >= 0.6 is 23.5 Å². The van der Waals surface area contributed by atoms with Gasteiger partial charge in [-0.2, -0.15) is 0 Å². The van der Waals surface area contributed by atoms with Gasteiger partial charge in [-0.15, -0.1) is 0 Å². The first kappa shape index (κ1) is 17.6. The zero-order valence-corrected chi connectivity index (χ0v) is 15.1. The zero-order valence-electron chi connectivity index (χ0n) is 13.4. The predicted molar refractivity (Wildman–Crippen MR) is 103 cm³/mol. The Morgan fingerprint density at radius 1 is 1.36 bits per heavy atom. The Labute approximate surface area is 151 Å². The fraction of sp³-hybridized carbons (Fsp3) is 0.250. The number of anilines is 1. The lowest BCUT2D eigenvalue weighted by Gasteiger charge is -2.13. The Bertz CT molecular complexity index is 932. The van der Waals surface area contributed by atoms with Gasteiger partial charge in [-0.25, -0.2) is 9.36 Å². The number of aromatic amines is 1. The van der Waals surface area contributed by atoms with E-state index < -0.39 is 11.2 Å². The molecule has 1 amide bonds. The van der Waals surface area contributed by atoms with Crippen molar-refractivity contribution < 1.29 is 4.79 Å². The lowest BCUT2D eigenvalue weighted by atomic mass is 10.2. The van der Waals surface area contributed by atoms with Gasteiger partial charge in [-0.3, -0.25) is 19.6 Å². The molecule has 0 saturated carbocycles. The number of H-pyrrole nitrogens is 1. The van der Waals surface area contributed by atoms with Crippen LogP contribution in [0, 0.1) is 6.92 Å². The summed E-state index contributed by atoms with van der Waals surface area (Å²) >= 11 is 2.97. The number of thioether (sulfide) groups is 2. The molecule has 0 spiro atoms. The molecule has 1 aliphatic rings. The van der Waals surface area contributed by atoms with Gasteiger partial charge >= 0.3 is 5.69 Å². The molecule has 0 aliphatic carbocycles. The van der Waals surface area contributed by atoms with Crippen LogP contribution < -0.4 is 16.6 Å². The summed E-state index contributed by atoms with van der Waals surface area (Å²) in [7, 11) is 0. The number of hydrogen-bond acceptors (Lipinski definition) is 6. The molecule has 2 N–H and O–H groups in total. The monoisotopic (exact) mass is 376 g/mol. The van der Waals surface area contributed by atoms with E-state index in [2.05, 4.69) is 15.3 Å². The Kier molecular flexibility index (Phi) is 5.44. The van der Waals surface area contributed by atoms with E-state index in [1.54, 1.807) is 23.9 Å². The molecule has 130 valence electrons. The highest BCUT2D eigenvalue weighted by Crippen LogP contribution is 2.22. The molecule has 1 aromatic carbocycles. The summed E-state index contributed by atoms with van der Waals surface area (Å²) in [4.78, 5) is 42.6. The molecule has 1 aliphatic heterocycles. The first-order chi connectivity index (χ1) is 12.0. The molecule has 0 unspecified atom stereocenters. The smallest absolute Gasteiger partial charge is 0.311 e. The summed E-state index contributed by atoms with van der Waals surface area (Å²) in [5.74, 6) is 0.946. The van der Waals surface area contributed by atoms with Crippen molar-refractivity contribution in [1.82, 2.24) is 9.55 Å². The lowest BCUT2D eigenvalue weighted by molar-refractivity contribution is -0.113. The van der Waals surface area contributed by atoms with Crippen LogP contribution in [0.1, 0.15) is 5.56 Å². The van der Waals surface area contributed by atoms with Crippen LogP contribution in [-0.2, 0) is 4.79 Å². The summed E-state index contributed by atoms with van der Waals surface area (Å²) < 4.78 is 2.16. The number of amides is 1. The minimum absolute atomic E-state index is 0.143. The molecule has 1 aromatic heterocycles. The topological polar surface area (TPSA) is 96.3 Å². The Morgan fingerprint density at radius 2 is 2.12 bits per heavy atom. The third-order valence-electron chi connectivity index (χ3n) is 3.39. The number of nitrogens with zero attached hydrogens (tertiary/aromatic N) is 2. The molecule has 0 radical (unpaired) electrons. The number of nitrogens with one attached hydrogen (secondary N) is 2. The van der Waals surface area contributed by atoms with Crippen LogP contribution in [0.15, 0.2) is 44.9 Å². The van der Waals surface area contributed by atoms with Gasteiger partial charge in [0.1, 0.15) is 10.2 Å². The number of aromatic nitrogens is 2. The van der Waals surface area contributed by atoms with Crippen LogP contribution in [0.2, 0.25) is 0 Å². The number of aliphatic imine (C=N–C) groups is 1. The quantitative estimate of drug-likeness (QED) is 0.845. The van der Waals surface area contributed by atoms with Gasteiger partial charge in [-0.05, 0) is 19.1 Å². The molecule has 0 fully saturated rings. The third-order valence-corrected chi connectivity index (χ3v) is 5.64. The number of carbonyl (C=O) groups excluding carboxylic acids is 1. The maximum absolute atomic E-state index is 12.2. The molecule has 2 heterocycles. The van der Waals surface area contributed by atoms with Crippen LogP contribution in [-0.4, -0.2) is 37.9 Å². The van der Waals surface area contributed by atoms with Crippen molar-refractivity contribution in [2.75, 3.05) is 23.4 Å². The van der Waals surface area contributed by atoms with Crippen molar-refractivity contribution in [3.8, 4) is 5.69 Å². The summed E-state index contributed by atoms with van der Waals surface area (Å²) in [5.41, 5.74) is 0.436. The molecule has 0 saturated heterocycles. The van der Waals surface area contributed by atoms with Gasteiger partial charge in [0.15, 0.2) is 0 Å². The number of rotatable bonds is 4. The van der Waals surface area contributed by atoms with E-state index >= 15 is 0 Å². The van der Waals surface area contributed by atoms with E-state index in [9.17, 15) is 14.4 Å². The zero-order chi connectivity index (χ0) is 17.8. The van der Waals surface area contributed by atoms with E-state index in [0.29, 0.717) is 5.69 Å². The SMILES string of the molecule is Cc1ccc(-n2c(NC(=O)CSC3=NCCS3)cc(=O)[nH]c2=O)cc1. The van der Waals surface area contributed by atoms with Gasteiger partial charge in [0.25, 0.3) is 5.56 Å². The standard InChI is InChI=1S/C16H16N4O3S2/c1-10-2-4-11(5-3-10)20-12(8-13(21)19-15(20)23)18-14(22)9-25-16-17-6-7-24-16/h2-5,8H,6-7,9H2,1H3,(H,18,22)(H,19,21,23). The van der Waals surface area contributed by atoms with Crippen LogP contribution in [0.25, 0.3) is 5.69 Å². The van der Waals surface area contributed by atoms with Crippen molar-refractivity contribution in [2.24, 2.45) is 4.99 Å². The number of hydrogen-bond donors (Lipinski definition) is 2. The molecular weight excluding hydrogens is 360 g/mol. The molecule has 0 atom stereocenters. The van der Waals surface area contributed by atoms with E-state index in [-0.39, 0.29) is 17.5 Å². The fourth-order valence-electron chi connectivity index (χ4n) is 2.25. The summed E-state index contributed by atoms with van der Waals surface area (Å²) in [5, 5.41) is 2.65. The highest BCUT2D eigenvalue weighted by molar-refractivity contribution is 8.39. The first-order valence-corrected chi connectivity index (χ1v) is 9.53.